The number of anilines is 1. The van der Waals surface area contributed by atoms with Gasteiger partial charge in [0.1, 0.15) is 0 Å². The van der Waals surface area contributed by atoms with E-state index in [9.17, 15) is 14.4 Å². The second-order valence-corrected chi connectivity index (χ2v) is 14.0. The summed E-state index contributed by atoms with van der Waals surface area (Å²) in [6.45, 7) is 7.14. The molecule has 10 heteroatoms. The van der Waals surface area contributed by atoms with Gasteiger partial charge in [0.15, 0.2) is 0 Å². The zero-order chi connectivity index (χ0) is 27.8. The summed E-state index contributed by atoms with van der Waals surface area (Å²) in [6.07, 6.45) is 9.54. The van der Waals surface area contributed by atoms with Gasteiger partial charge in [-0.05, 0) is 94.0 Å². The van der Waals surface area contributed by atoms with Crippen LogP contribution in [0.4, 0.5) is 5.69 Å². The fourth-order valence-corrected chi connectivity index (χ4v) is 9.24. The van der Waals surface area contributed by atoms with E-state index in [-0.39, 0.29) is 23.8 Å². The molecular weight excluding hydrogens is 546 g/mol. The number of likely N-dealkylation sites (tertiary alicyclic amines) is 2. The number of halogens is 1. The number of carbonyl (C=O) groups excluding carboxylic acids is 3. The molecule has 3 atom stereocenters. The zero-order valence-corrected chi connectivity index (χ0v) is 25.1. The Morgan fingerprint density at radius 2 is 1.68 bits per heavy atom. The lowest BCUT2D eigenvalue weighted by Gasteiger charge is -2.40. The highest BCUT2D eigenvalue weighted by Crippen LogP contribution is 2.42. The fourth-order valence-electron chi connectivity index (χ4n) is 7.47. The second kappa shape index (κ2) is 12.2. The van der Waals surface area contributed by atoms with Gasteiger partial charge >= 0.3 is 0 Å². The third-order valence-electron chi connectivity index (χ3n) is 9.81. The maximum atomic E-state index is 13.1. The molecule has 1 aromatic rings. The van der Waals surface area contributed by atoms with E-state index in [1.54, 1.807) is 19.1 Å². The summed E-state index contributed by atoms with van der Waals surface area (Å²) < 4.78 is 2.66. The topological polar surface area (TPSA) is 85.0 Å². The van der Waals surface area contributed by atoms with Crippen molar-refractivity contribution >= 4 is 47.0 Å². The molecule has 3 amide bonds. The predicted octanol–water partition coefficient (Wildman–Crippen LogP) is 4.18. The smallest absolute Gasteiger partial charge is 0.253 e. The Morgan fingerprint density at radius 1 is 1.00 bits per heavy atom. The van der Waals surface area contributed by atoms with E-state index in [4.69, 9.17) is 11.6 Å². The molecule has 4 saturated heterocycles. The van der Waals surface area contributed by atoms with E-state index in [1.165, 1.54) is 51.1 Å². The summed E-state index contributed by atoms with van der Waals surface area (Å²) in [5.74, 6) is 2.75. The quantitative estimate of drug-likeness (QED) is 0.466. The van der Waals surface area contributed by atoms with Gasteiger partial charge in [0.25, 0.3) is 5.91 Å². The van der Waals surface area contributed by atoms with Gasteiger partial charge in [-0.3, -0.25) is 14.4 Å². The largest absolute Gasteiger partial charge is 0.349 e. The third-order valence-corrected chi connectivity index (χ3v) is 11.6. The van der Waals surface area contributed by atoms with Gasteiger partial charge in [-0.15, -0.1) is 0 Å². The van der Waals surface area contributed by atoms with Crippen molar-refractivity contribution in [2.75, 3.05) is 43.8 Å². The number of amides is 3. The summed E-state index contributed by atoms with van der Waals surface area (Å²) in [5.41, 5.74) is 2.02. The monoisotopic (exact) mass is 587 g/mol. The first-order valence-corrected chi connectivity index (χ1v) is 16.5. The van der Waals surface area contributed by atoms with Crippen molar-refractivity contribution in [1.29, 1.82) is 0 Å². The molecule has 5 heterocycles. The highest BCUT2D eigenvalue weighted by Gasteiger charge is 2.42. The van der Waals surface area contributed by atoms with Crippen LogP contribution in [0.3, 0.4) is 0 Å². The molecule has 5 aliphatic rings. The van der Waals surface area contributed by atoms with Crippen LogP contribution in [-0.2, 0) is 16.0 Å². The maximum absolute atomic E-state index is 13.1. The van der Waals surface area contributed by atoms with Crippen LogP contribution in [-0.4, -0.2) is 88.4 Å². The molecule has 5 aliphatic heterocycles. The normalized spacial score (nSPS) is 28.0. The van der Waals surface area contributed by atoms with Crippen LogP contribution < -0.4 is 10.6 Å². The molecule has 0 saturated carbocycles. The second-order valence-electron chi connectivity index (χ2n) is 12.6. The number of nitrogens with one attached hydrogen (secondary N) is 2. The lowest BCUT2D eigenvalue weighted by molar-refractivity contribution is -0.130. The minimum Gasteiger partial charge on any atom is -0.349 e. The number of hydrogen-bond acceptors (Lipinski definition) is 6. The molecule has 6 rings (SSSR count). The Labute approximate surface area is 247 Å². The SMILES string of the molecule is CC(=O)N1CCC(CN2CCC(CSN3C4CC[C@H]3CC(NC(=O)c3cc5c(cc3Cl)NC(=O)C5)C4)CC2)CC1. The molecule has 2 unspecified atom stereocenters. The van der Waals surface area contributed by atoms with Crippen molar-refractivity contribution in [2.24, 2.45) is 11.8 Å². The number of piperidine rings is 3. The molecule has 40 heavy (non-hydrogen) atoms. The molecule has 0 aliphatic carbocycles. The Balaban J connectivity index is 0.928. The van der Waals surface area contributed by atoms with Gasteiger partial charge in [0.05, 0.1) is 17.0 Å². The Kier molecular flexibility index (Phi) is 8.64. The fraction of sp³-hybridized carbons (Fsp3) is 0.700. The Bertz CT molecular complexity index is 1120. The minimum absolute atomic E-state index is 0.0571. The molecule has 1 aromatic carbocycles. The average Bonchev–Trinajstić information content (AvgIpc) is 3.41. The summed E-state index contributed by atoms with van der Waals surface area (Å²) in [6, 6.07) is 4.67. The number of hydrogen-bond donors (Lipinski definition) is 2. The minimum atomic E-state index is -0.131. The number of carbonyl (C=O) groups is 3. The van der Waals surface area contributed by atoms with Crippen molar-refractivity contribution in [3.8, 4) is 0 Å². The molecular formula is C30H42ClN5O3S. The van der Waals surface area contributed by atoms with Crippen molar-refractivity contribution in [1.82, 2.24) is 19.4 Å². The highest BCUT2D eigenvalue weighted by molar-refractivity contribution is 7.97. The van der Waals surface area contributed by atoms with Crippen LogP contribution in [0.2, 0.25) is 5.02 Å². The van der Waals surface area contributed by atoms with E-state index in [2.05, 4.69) is 31.8 Å². The maximum Gasteiger partial charge on any atom is 0.253 e. The zero-order valence-electron chi connectivity index (χ0n) is 23.5. The van der Waals surface area contributed by atoms with E-state index in [1.807, 2.05) is 4.90 Å². The number of benzene rings is 1. The predicted molar refractivity (Wildman–Crippen MR) is 160 cm³/mol. The van der Waals surface area contributed by atoms with Gasteiger partial charge in [0.2, 0.25) is 11.8 Å². The molecule has 2 N–H and O–H groups in total. The van der Waals surface area contributed by atoms with Crippen molar-refractivity contribution in [3.05, 3.63) is 28.3 Å². The number of fused-ring (bicyclic) bond motifs is 3. The number of nitrogens with zero attached hydrogens (tertiary/aromatic N) is 3. The van der Waals surface area contributed by atoms with Gasteiger partial charge in [-0.2, -0.15) is 0 Å². The lowest BCUT2D eigenvalue weighted by atomic mass is 9.93. The molecule has 0 aromatic heterocycles. The summed E-state index contributed by atoms with van der Waals surface area (Å²) >= 11 is 8.47. The van der Waals surface area contributed by atoms with E-state index in [0.717, 1.165) is 56.2 Å². The van der Waals surface area contributed by atoms with Crippen LogP contribution in [0.1, 0.15) is 74.2 Å². The average molecular weight is 588 g/mol. The third kappa shape index (κ3) is 6.32. The Morgan fingerprint density at radius 3 is 2.35 bits per heavy atom. The van der Waals surface area contributed by atoms with Gasteiger partial charge in [-0.25, -0.2) is 4.31 Å². The molecule has 2 bridgehead atoms. The van der Waals surface area contributed by atoms with Crippen molar-refractivity contribution in [3.63, 3.8) is 0 Å². The standard InChI is InChI=1S/C30H42ClN5O3S/c1-19(37)35-10-6-20(7-11-35)17-34-8-4-21(5-9-34)18-40-36-24-2-3-25(36)15-23(14-24)32-30(39)26-12-22-13-29(38)33-28(22)16-27(26)31/h12,16,20-21,23-25H,2-11,13-15,17-18H2,1H3,(H,32,39)(H,33,38)/t23?,24-,25?/m0/s1. The lowest BCUT2D eigenvalue weighted by Crippen LogP contribution is -2.48. The molecule has 0 radical (unpaired) electrons. The van der Waals surface area contributed by atoms with Crippen LogP contribution in [0, 0.1) is 11.8 Å². The van der Waals surface area contributed by atoms with Crippen molar-refractivity contribution < 1.29 is 14.4 Å². The summed E-state index contributed by atoms with van der Waals surface area (Å²) in [4.78, 5) is 41.1. The van der Waals surface area contributed by atoms with Gasteiger partial charge in [-0.1, -0.05) is 23.5 Å². The Hall–Kier alpha value is -1.81. The van der Waals surface area contributed by atoms with E-state index in [0.29, 0.717) is 34.8 Å². The molecule has 218 valence electrons. The summed E-state index contributed by atoms with van der Waals surface area (Å²) in [7, 11) is 0. The first-order chi connectivity index (χ1) is 19.3. The van der Waals surface area contributed by atoms with Crippen LogP contribution in [0.25, 0.3) is 0 Å². The van der Waals surface area contributed by atoms with E-state index < -0.39 is 0 Å². The van der Waals surface area contributed by atoms with Crippen molar-refractivity contribution in [2.45, 2.75) is 82.8 Å². The van der Waals surface area contributed by atoms with Gasteiger partial charge in [0, 0.05) is 56.1 Å². The van der Waals surface area contributed by atoms with Gasteiger partial charge < -0.3 is 20.4 Å². The molecule has 8 nitrogen and oxygen atoms in total. The van der Waals surface area contributed by atoms with Crippen LogP contribution in [0.5, 0.6) is 0 Å². The van der Waals surface area contributed by atoms with E-state index >= 15 is 0 Å². The highest BCUT2D eigenvalue weighted by atomic mass is 35.5. The molecule has 0 spiro atoms. The van der Waals surface area contributed by atoms with Crippen LogP contribution >= 0.6 is 23.5 Å². The summed E-state index contributed by atoms with van der Waals surface area (Å²) in [5, 5.41) is 6.44. The van der Waals surface area contributed by atoms with Crippen LogP contribution in [0.15, 0.2) is 12.1 Å². The number of rotatable bonds is 7. The first-order valence-electron chi connectivity index (χ1n) is 15.1. The first kappa shape index (κ1) is 28.3. The molecule has 4 fully saturated rings.